The number of ether oxygens (including phenoxy) is 1. The first kappa shape index (κ1) is 24.6. The van der Waals surface area contributed by atoms with Crippen molar-refractivity contribution < 1.29 is 49.7 Å². The Balaban J connectivity index is 2.10. The Labute approximate surface area is 164 Å². The van der Waals surface area contributed by atoms with E-state index in [1.807, 2.05) is 0 Å². The molecule has 0 saturated carbocycles. The maximum Gasteiger partial charge on any atom is 0.405 e. The van der Waals surface area contributed by atoms with Gasteiger partial charge in [0, 0.05) is 25.1 Å². The molecule has 14 heteroatoms. The smallest absolute Gasteiger partial charge is 0.405 e. The van der Waals surface area contributed by atoms with E-state index < -0.39 is 58.9 Å². The van der Waals surface area contributed by atoms with Crippen LogP contribution in [0, 0.1) is 0 Å². The number of nitrogens with one attached hydrogen (secondary N) is 1. The molecule has 0 aromatic heterocycles. The molecule has 0 saturated heterocycles. The molecule has 164 valence electrons. The van der Waals surface area contributed by atoms with Crippen LogP contribution >= 0.6 is 0 Å². The number of alkyl halides is 3. The topological polar surface area (TPSA) is 136 Å². The second kappa shape index (κ2) is 10.9. The zero-order valence-electron chi connectivity index (χ0n) is 15.1. The molecule has 0 aromatic rings. The van der Waals surface area contributed by atoms with Crippen molar-refractivity contribution in [3.05, 3.63) is 12.2 Å². The molecular weight excluding hydrogens is 425 g/mol. The molecule has 0 spiro atoms. The van der Waals surface area contributed by atoms with Crippen molar-refractivity contribution >= 4 is 33.8 Å². The van der Waals surface area contributed by atoms with E-state index in [9.17, 15) is 40.8 Å². The molecule has 0 fully saturated rings. The molecule has 29 heavy (non-hydrogen) atoms. The molecule has 1 heterocycles. The lowest BCUT2D eigenvalue weighted by atomic mass is 10.3. The van der Waals surface area contributed by atoms with Crippen molar-refractivity contribution in [2.75, 3.05) is 32.1 Å². The van der Waals surface area contributed by atoms with E-state index in [0.717, 1.165) is 17.1 Å². The van der Waals surface area contributed by atoms with E-state index in [2.05, 4.69) is 9.50 Å². The van der Waals surface area contributed by atoms with Crippen LogP contribution in [-0.4, -0.2) is 75.2 Å². The van der Waals surface area contributed by atoms with Crippen LogP contribution in [-0.2, 0) is 38.2 Å². The number of nitrogens with zero attached hydrogens (tertiary/aromatic N) is 1. The molecule has 1 rings (SSSR count). The van der Waals surface area contributed by atoms with Gasteiger partial charge >= 0.3 is 12.1 Å². The van der Waals surface area contributed by atoms with Crippen molar-refractivity contribution in [3.8, 4) is 0 Å². The van der Waals surface area contributed by atoms with Crippen LogP contribution in [0.4, 0.5) is 13.2 Å². The maximum absolute atomic E-state index is 12.0. The first-order valence-corrected chi connectivity index (χ1v) is 9.87. The number of hydrogen-bond acceptors (Lipinski definition) is 8. The van der Waals surface area contributed by atoms with E-state index in [4.69, 9.17) is 4.74 Å². The number of hydrogen-bond donors (Lipinski definition) is 1. The molecule has 0 radical (unpaired) electrons. The Morgan fingerprint density at radius 3 is 2.28 bits per heavy atom. The average molecular weight is 444 g/mol. The number of esters is 1. The van der Waals surface area contributed by atoms with Gasteiger partial charge in [-0.15, -0.1) is 0 Å². The van der Waals surface area contributed by atoms with Crippen molar-refractivity contribution in [1.29, 1.82) is 0 Å². The van der Waals surface area contributed by atoms with Gasteiger partial charge in [-0.1, -0.05) is 0 Å². The fraction of sp³-hybridized carbons (Fsp3) is 0.600. The van der Waals surface area contributed by atoms with Crippen LogP contribution in [0.5, 0.6) is 0 Å². The third kappa shape index (κ3) is 10.6. The van der Waals surface area contributed by atoms with Crippen LogP contribution in [0.2, 0.25) is 0 Å². The normalized spacial score (nSPS) is 14.4. The molecule has 1 aliphatic rings. The Kier molecular flexibility index (Phi) is 9.23. The number of amides is 3. The standard InChI is InChI=1S/C15H19F3N2O8S/c16-15(17,18)10-29(25,26)28-8-1-3-11(21)19-9-14(24)27-7-2-6-20-12(22)4-5-13(20)23/h4-5H,1-3,6-10H2,(H,19,21). The molecule has 1 N–H and O–H groups in total. The van der Waals surface area contributed by atoms with Gasteiger partial charge in [0.15, 0.2) is 5.75 Å². The number of imide groups is 1. The highest BCUT2D eigenvalue weighted by Crippen LogP contribution is 2.18. The summed E-state index contributed by atoms with van der Waals surface area (Å²) < 4.78 is 66.9. The molecule has 1 aliphatic heterocycles. The van der Waals surface area contributed by atoms with Gasteiger partial charge in [-0.2, -0.15) is 21.6 Å². The van der Waals surface area contributed by atoms with Gasteiger partial charge in [0.1, 0.15) is 6.54 Å². The van der Waals surface area contributed by atoms with Gasteiger partial charge in [-0.25, -0.2) is 0 Å². The van der Waals surface area contributed by atoms with Crippen LogP contribution in [0.15, 0.2) is 12.2 Å². The molecular formula is C15H19F3N2O8S. The minimum atomic E-state index is -4.92. The lowest BCUT2D eigenvalue weighted by Crippen LogP contribution is -2.33. The van der Waals surface area contributed by atoms with Crippen molar-refractivity contribution in [1.82, 2.24) is 10.2 Å². The highest BCUT2D eigenvalue weighted by atomic mass is 32.2. The number of rotatable bonds is 12. The summed E-state index contributed by atoms with van der Waals surface area (Å²) in [7, 11) is -4.77. The summed E-state index contributed by atoms with van der Waals surface area (Å²) in [4.78, 5) is 46.5. The molecule has 0 unspecified atom stereocenters. The molecule has 10 nitrogen and oxygen atoms in total. The van der Waals surface area contributed by atoms with Gasteiger partial charge in [0.2, 0.25) is 5.91 Å². The van der Waals surface area contributed by atoms with Crippen LogP contribution in [0.3, 0.4) is 0 Å². The summed E-state index contributed by atoms with van der Waals surface area (Å²) in [5.74, 6) is -4.46. The highest BCUT2D eigenvalue weighted by molar-refractivity contribution is 7.86. The summed E-state index contributed by atoms with van der Waals surface area (Å²) in [5.41, 5.74) is 0. The van der Waals surface area contributed by atoms with Gasteiger partial charge < -0.3 is 10.1 Å². The number of halogens is 3. The number of carbonyl (C=O) groups is 4. The van der Waals surface area contributed by atoms with E-state index >= 15 is 0 Å². The summed E-state index contributed by atoms with van der Waals surface area (Å²) in [6.07, 6.45) is -2.91. The van der Waals surface area contributed by atoms with Gasteiger partial charge in [-0.3, -0.25) is 28.3 Å². The SMILES string of the molecule is O=C(CCCOS(=O)(=O)CC(F)(F)F)NCC(=O)OCCCN1C(=O)C=CC1=O. The third-order valence-electron chi connectivity index (χ3n) is 3.27. The average Bonchev–Trinajstić information content (AvgIpc) is 2.90. The first-order valence-electron chi connectivity index (χ1n) is 8.29. The minimum absolute atomic E-state index is 0.0710. The number of carbonyl (C=O) groups excluding carboxylic acids is 4. The van der Waals surface area contributed by atoms with Crippen LogP contribution < -0.4 is 5.32 Å². The van der Waals surface area contributed by atoms with Crippen molar-refractivity contribution in [2.45, 2.75) is 25.4 Å². The minimum Gasteiger partial charge on any atom is -0.464 e. The lowest BCUT2D eigenvalue weighted by Gasteiger charge is -2.13. The second-order valence-corrected chi connectivity index (χ2v) is 7.39. The Morgan fingerprint density at radius 2 is 1.69 bits per heavy atom. The predicted molar refractivity (Wildman–Crippen MR) is 89.5 cm³/mol. The zero-order valence-corrected chi connectivity index (χ0v) is 15.9. The van der Waals surface area contributed by atoms with E-state index in [-0.39, 0.29) is 32.4 Å². The van der Waals surface area contributed by atoms with E-state index in [0.29, 0.717) is 0 Å². The van der Waals surface area contributed by atoms with Crippen molar-refractivity contribution in [2.24, 2.45) is 0 Å². The monoisotopic (exact) mass is 444 g/mol. The maximum atomic E-state index is 12.0. The summed E-state index contributed by atoms with van der Waals surface area (Å²) in [6, 6.07) is 0. The van der Waals surface area contributed by atoms with Crippen molar-refractivity contribution in [3.63, 3.8) is 0 Å². The fourth-order valence-electron chi connectivity index (χ4n) is 2.03. The fourth-order valence-corrected chi connectivity index (χ4v) is 2.89. The second-order valence-electron chi connectivity index (χ2n) is 5.75. The predicted octanol–water partition coefficient (Wildman–Crippen LogP) is -0.350. The quantitative estimate of drug-likeness (QED) is 0.187. The molecule has 0 atom stereocenters. The molecule has 0 aliphatic carbocycles. The summed E-state index contributed by atoms with van der Waals surface area (Å²) in [5, 5.41) is 2.19. The zero-order chi connectivity index (χ0) is 22.1. The van der Waals surface area contributed by atoms with E-state index in [1.54, 1.807) is 0 Å². The Hall–Kier alpha value is -2.48. The lowest BCUT2D eigenvalue weighted by molar-refractivity contribution is -0.144. The van der Waals surface area contributed by atoms with Crippen LogP contribution in [0.1, 0.15) is 19.3 Å². The molecule has 3 amide bonds. The Bertz CT molecular complexity index is 746. The molecule has 0 aromatic carbocycles. The van der Waals surface area contributed by atoms with E-state index in [1.165, 1.54) is 0 Å². The highest BCUT2D eigenvalue weighted by Gasteiger charge is 2.35. The van der Waals surface area contributed by atoms with Gasteiger partial charge in [0.25, 0.3) is 21.9 Å². The molecule has 0 bridgehead atoms. The Morgan fingerprint density at radius 1 is 1.07 bits per heavy atom. The summed E-state index contributed by atoms with van der Waals surface area (Å²) in [6.45, 7) is -1.10. The first-order chi connectivity index (χ1) is 13.4. The van der Waals surface area contributed by atoms with Gasteiger partial charge in [0.05, 0.1) is 13.2 Å². The van der Waals surface area contributed by atoms with Crippen LogP contribution in [0.25, 0.3) is 0 Å². The third-order valence-corrected chi connectivity index (χ3v) is 4.48. The largest absolute Gasteiger partial charge is 0.464 e. The summed E-state index contributed by atoms with van der Waals surface area (Å²) >= 11 is 0. The van der Waals surface area contributed by atoms with Gasteiger partial charge in [-0.05, 0) is 12.8 Å².